The van der Waals surface area contributed by atoms with Gasteiger partial charge in [0, 0.05) is 46.0 Å². The van der Waals surface area contributed by atoms with Gasteiger partial charge in [-0.15, -0.1) is 13.2 Å². The smallest absolute Gasteiger partial charge is 0.303 e. The lowest BCUT2D eigenvalue weighted by Gasteiger charge is -2.07. The molecule has 0 aromatic carbocycles. The first kappa shape index (κ1) is 39.4. The second-order valence-corrected chi connectivity index (χ2v) is 12.5. The maximum Gasteiger partial charge on any atom is 0.303 e. The minimum Gasteiger partial charge on any atom is -0.481 e. The van der Waals surface area contributed by atoms with Crippen molar-refractivity contribution >= 4 is 56.3 Å². The Morgan fingerprint density at radius 2 is 1.16 bits per heavy atom. The number of nitrogens with one attached hydrogen (secondary N) is 2. The molecular formula is C40H50N4O6. The predicted octanol–water partition coefficient (Wildman–Crippen LogP) is 8.49. The van der Waals surface area contributed by atoms with Crippen molar-refractivity contribution in [2.45, 2.75) is 93.3 Å². The summed E-state index contributed by atoms with van der Waals surface area (Å²) in [6.07, 6.45) is 2.34. The molecule has 2 atom stereocenters. The number of aliphatic hydroxyl groups excluding tert-OH is 2. The number of nitrogens with zero attached hydrogens (tertiary/aromatic N) is 2. The van der Waals surface area contributed by atoms with Crippen LogP contribution in [0.25, 0.3) is 44.4 Å². The van der Waals surface area contributed by atoms with Crippen molar-refractivity contribution in [2.24, 2.45) is 0 Å². The lowest BCUT2D eigenvalue weighted by Crippen LogP contribution is -2.02. The van der Waals surface area contributed by atoms with Crippen LogP contribution in [0.2, 0.25) is 0 Å². The molecule has 0 fully saturated rings. The van der Waals surface area contributed by atoms with Crippen LogP contribution in [0.5, 0.6) is 0 Å². The van der Waals surface area contributed by atoms with Gasteiger partial charge in [-0.1, -0.05) is 12.2 Å². The van der Waals surface area contributed by atoms with E-state index in [-0.39, 0.29) is 25.7 Å². The lowest BCUT2D eigenvalue weighted by molar-refractivity contribution is -0.137. The van der Waals surface area contributed by atoms with Crippen molar-refractivity contribution in [2.75, 3.05) is 0 Å². The van der Waals surface area contributed by atoms with Crippen LogP contribution in [0.1, 0.15) is 112 Å². The summed E-state index contributed by atoms with van der Waals surface area (Å²) < 4.78 is 0. The Labute approximate surface area is 293 Å². The molecule has 0 radical (unpaired) electrons. The van der Waals surface area contributed by atoms with Crippen molar-refractivity contribution < 1.29 is 30.0 Å². The number of hydrogen-bond donors (Lipinski definition) is 6. The number of carboxylic acids is 2. The van der Waals surface area contributed by atoms with E-state index in [0.717, 1.165) is 44.4 Å². The number of aromatic nitrogens is 4. The maximum atomic E-state index is 11.6. The van der Waals surface area contributed by atoms with Gasteiger partial charge in [-0.3, -0.25) is 9.59 Å². The third-order valence-corrected chi connectivity index (χ3v) is 8.65. The monoisotopic (exact) mass is 682 g/mol. The van der Waals surface area contributed by atoms with E-state index >= 15 is 0 Å². The summed E-state index contributed by atoms with van der Waals surface area (Å²) in [4.78, 5) is 39.8. The molecule has 0 spiro atoms. The van der Waals surface area contributed by atoms with Gasteiger partial charge in [0.15, 0.2) is 0 Å². The summed E-state index contributed by atoms with van der Waals surface area (Å²) in [6.45, 7) is 21.6. The molecule has 2 aliphatic rings. The second kappa shape index (κ2) is 17.0. The van der Waals surface area contributed by atoms with E-state index < -0.39 is 24.1 Å². The van der Waals surface area contributed by atoms with E-state index in [1.54, 1.807) is 26.0 Å². The zero-order valence-electron chi connectivity index (χ0n) is 30.4. The average molecular weight is 683 g/mol. The maximum absolute atomic E-state index is 11.6. The molecule has 0 aliphatic carbocycles. The van der Waals surface area contributed by atoms with Crippen LogP contribution in [0.4, 0.5) is 0 Å². The molecule has 3 aromatic rings. The number of aryl methyl sites for hydroxylation is 3. The van der Waals surface area contributed by atoms with Gasteiger partial charge in [0.1, 0.15) is 0 Å². The quantitative estimate of drug-likeness (QED) is 0.128. The summed E-state index contributed by atoms with van der Waals surface area (Å²) in [6, 6.07) is 7.51. The fraction of sp³-hybridized carbons (Fsp3) is 0.350. The number of aliphatic hydroxyl groups is 2. The fourth-order valence-electron chi connectivity index (χ4n) is 6.31. The van der Waals surface area contributed by atoms with E-state index in [9.17, 15) is 30.0 Å². The molecule has 5 rings (SSSR count). The number of carbonyl (C=O) groups is 2. The zero-order chi connectivity index (χ0) is 37.4. The van der Waals surface area contributed by atoms with Crippen LogP contribution in [-0.2, 0) is 16.0 Å². The van der Waals surface area contributed by atoms with Gasteiger partial charge < -0.3 is 30.4 Å². The molecule has 3 aromatic heterocycles. The summed E-state index contributed by atoms with van der Waals surface area (Å²) in [5.41, 5.74) is 11.7. The largest absolute Gasteiger partial charge is 0.481 e. The molecule has 2 unspecified atom stereocenters. The van der Waals surface area contributed by atoms with E-state index in [0.29, 0.717) is 44.9 Å². The number of hydrogen-bond acceptors (Lipinski definition) is 6. The van der Waals surface area contributed by atoms with Gasteiger partial charge >= 0.3 is 11.9 Å². The molecule has 0 saturated carbocycles. The molecule has 10 nitrogen and oxygen atoms in total. The van der Waals surface area contributed by atoms with Crippen LogP contribution in [0.3, 0.4) is 0 Å². The van der Waals surface area contributed by atoms with Crippen molar-refractivity contribution in [1.29, 1.82) is 0 Å². The van der Waals surface area contributed by atoms with Gasteiger partial charge in [-0.05, 0) is 126 Å². The van der Waals surface area contributed by atoms with Gasteiger partial charge in [-0.2, -0.15) is 0 Å². The van der Waals surface area contributed by atoms with Crippen LogP contribution in [-0.4, -0.2) is 58.4 Å². The number of aromatic amines is 2. The first-order valence-electron chi connectivity index (χ1n) is 16.7. The number of H-pyrrole nitrogens is 2. The van der Waals surface area contributed by atoms with Gasteiger partial charge in [-0.25, -0.2) is 9.97 Å². The van der Waals surface area contributed by atoms with E-state index in [1.165, 1.54) is 0 Å². The molecule has 10 heteroatoms. The SMILES string of the molecule is C=CC.C=CC.CC1=C(CCC(=O)O)c2cc3[nH]c(cc4nc(cc5[nH]c(cc1n2)c(C(C)O)c5C)C(C(C)O)=C4C)c(C)c3CCC(=O)O. The average Bonchev–Trinajstić information content (AvgIpc) is 3.69. The highest BCUT2D eigenvalue weighted by Crippen LogP contribution is 2.37. The Morgan fingerprint density at radius 3 is 1.72 bits per heavy atom. The van der Waals surface area contributed by atoms with Crippen LogP contribution >= 0.6 is 0 Å². The lowest BCUT2D eigenvalue weighted by atomic mass is 9.99. The Morgan fingerprint density at radius 1 is 0.700 bits per heavy atom. The number of carboxylic acid groups (broad SMARTS) is 2. The normalized spacial score (nSPS) is 13.5. The van der Waals surface area contributed by atoms with Gasteiger partial charge in [0.2, 0.25) is 0 Å². The first-order chi connectivity index (χ1) is 23.6. The molecule has 0 saturated heterocycles. The van der Waals surface area contributed by atoms with Crippen molar-refractivity contribution in [1.82, 2.24) is 19.9 Å². The van der Waals surface area contributed by atoms with E-state index in [1.807, 2.05) is 65.8 Å². The predicted molar refractivity (Wildman–Crippen MR) is 202 cm³/mol. The highest BCUT2D eigenvalue weighted by molar-refractivity contribution is 5.96. The fourth-order valence-corrected chi connectivity index (χ4v) is 6.31. The third-order valence-electron chi connectivity index (χ3n) is 8.65. The molecule has 266 valence electrons. The topological polar surface area (TPSA) is 172 Å². The molecular weight excluding hydrogens is 632 g/mol. The molecule has 6 N–H and O–H groups in total. The summed E-state index contributed by atoms with van der Waals surface area (Å²) in [5.74, 6) is -1.83. The minimum absolute atomic E-state index is 0.0628. The van der Waals surface area contributed by atoms with Crippen LogP contribution in [0.15, 0.2) is 49.6 Å². The number of fused-ring (bicyclic) bond motifs is 8. The Hall–Kier alpha value is -5.06. The minimum atomic E-state index is -0.917. The Kier molecular flexibility index (Phi) is 13.4. The third kappa shape index (κ3) is 8.74. The van der Waals surface area contributed by atoms with E-state index in [4.69, 9.17) is 9.97 Å². The van der Waals surface area contributed by atoms with Crippen molar-refractivity contribution in [3.63, 3.8) is 0 Å². The molecule has 0 amide bonds. The number of rotatable bonds is 8. The van der Waals surface area contributed by atoms with Crippen LogP contribution in [0, 0.1) is 13.8 Å². The molecule has 50 heavy (non-hydrogen) atoms. The standard InChI is InChI=1S/C34H38N4O6.2C3H6/c1-15-21(7-9-31(41)42)27-14-28-22(8-10-32(43)44)16(2)24(36-28)12-29-34(20(6)40)18(4)26(38-29)13-30-33(19(5)39)17(3)25(37-30)11-23(15)35-27;2*1-3-2/h11-14,19-20,35,38-40H,7-10H2,1-6H3,(H,41,42)(H,43,44);2*3H,1H2,2H3. The van der Waals surface area contributed by atoms with E-state index in [2.05, 4.69) is 23.1 Å². The van der Waals surface area contributed by atoms with Crippen molar-refractivity contribution in [3.05, 3.63) is 94.6 Å². The first-order valence-corrected chi connectivity index (χ1v) is 16.7. The zero-order valence-corrected chi connectivity index (χ0v) is 30.4. The van der Waals surface area contributed by atoms with Gasteiger partial charge in [0.05, 0.1) is 35.0 Å². The highest BCUT2D eigenvalue weighted by Gasteiger charge is 2.23. The van der Waals surface area contributed by atoms with Gasteiger partial charge in [0.25, 0.3) is 0 Å². The highest BCUT2D eigenvalue weighted by atomic mass is 16.4. The molecule has 5 heterocycles. The summed E-state index contributed by atoms with van der Waals surface area (Å²) >= 11 is 0. The summed E-state index contributed by atoms with van der Waals surface area (Å²) in [7, 11) is 0. The molecule has 8 bridgehead atoms. The second-order valence-electron chi connectivity index (χ2n) is 12.5. The summed E-state index contributed by atoms with van der Waals surface area (Å²) in [5, 5.41) is 40.5. The Balaban J connectivity index is 0.00000105. The Bertz CT molecular complexity index is 2020. The van der Waals surface area contributed by atoms with Crippen molar-refractivity contribution in [3.8, 4) is 0 Å². The number of aliphatic carboxylic acids is 2. The molecule has 2 aliphatic heterocycles. The van der Waals surface area contributed by atoms with Crippen LogP contribution < -0.4 is 0 Å². The number of allylic oxidation sites excluding steroid dienone is 5.